The van der Waals surface area contributed by atoms with Gasteiger partial charge in [-0.15, -0.1) is 0 Å². The van der Waals surface area contributed by atoms with Crippen molar-refractivity contribution in [2.24, 2.45) is 0 Å². The van der Waals surface area contributed by atoms with Crippen LogP contribution in [0, 0.1) is 0 Å². The molecule has 1 amide bonds. The number of carbonyl (C=O) groups excluding carboxylic acids is 1. The summed E-state index contributed by atoms with van der Waals surface area (Å²) >= 11 is 5.96. The van der Waals surface area contributed by atoms with Crippen LogP contribution in [0.15, 0.2) is 24.4 Å². The third-order valence-electron chi connectivity index (χ3n) is 3.65. The zero-order valence-electron chi connectivity index (χ0n) is 11.4. The van der Waals surface area contributed by atoms with Crippen LogP contribution < -0.4 is 10.6 Å². The Kier molecular flexibility index (Phi) is 3.68. The fourth-order valence-corrected chi connectivity index (χ4v) is 2.39. The van der Waals surface area contributed by atoms with Crippen molar-refractivity contribution in [3.05, 3.63) is 35.0 Å². The summed E-state index contributed by atoms with van der Waals surface area (Å²) in [6, 6.07) is 6.00. The molecule has 0 bridgehead atoms. The Balaban J connectivity index is 1.62. The zero-order chi connectivity index (χ0) is 14.1. The molecule has 0 saturated heterocycles. The Hall–Kier alpha value is -1.52. The minimum absolute atomic E-state index is 0.0791. The van der Waals surface area contributed by atoms with Gasteiger partial charge in [0.15, 0.2) is 0 Å². The molecule has 0 aliphatic heterocycles. The molecular formula is C15H18ClN3O. The molecule has 1 aromatic carbocycles. The van der Waals surface area contributed by atoms with E-state index < -0.39 is 0 Å². The number of fused-ring (bicyclic) bond motifs is 1. The fraction of sp³-hybridized carbons (Fsp3) is 0.400. The van der Waals surface area contributed by atoms with E-state index in [2.05, 4.69) is 15.6 Å². The predicted octanol–water partition coefficient (Wildman–Crippen LogP) is 2.58. The highest BCUT2D eigenvalue weighted by Gasteiger charge is 2.25. The number of benzene rings is 1. The molecular weight excluding hydrogens is 274 g/mol. The molecule has 1 fully saturated rings. The van der Waals surface area contributed by atoms with E-state index in [0.29, 0.717) is 12.6 Å². The van der Waals surface area contributed by atoms with Crippen molar-refractivity contribution < 1.29 is 4.79 Å². The number of H-pyrrole nitrogens is 1. The zero-order valence-corrected chi connectivity index (χ0v) is 12.1. The molecule has 0 radical (unpaired) electrons. The summed E-state index contributed by atoms with van der Waals surface area (Å²) in [5.41, 5.74) is 2.16. The Morgan fingerprint density at radius 1 is 1.50 bits per heavy atom. The van der Waals surface area contributed by atoms with Gasteiger partial charge in [-0.05, 0) is 37.5 Å². The second kappa shape index (κ2) is 5.46. The lowest BCUT2D eigenvalue weighted by Crippen LogP contribution is -2.42. The molecule has 2 aromatic rings. The molecule has 1 atom stereocenters. The lowest BCUT2D eigenvalue weighted by atomic mass is 10.1. The van der Waals surface area contributed by atoms with Gasteiger partial charge in [-0.25, -0.2) is 0 Å². The van der Waals surface area contributed by atoms with Gasteiger partial charge >= 0.3 is 0 Å². The smallest absolute Gasteiger partial charge is 0.237 e. The number of halogens is 1. The second-order valence-corrected chi connectivity index (χ2v) is 5.83. The van der Waals surface area contributed by atoms with E-state index in [0.717, 1.165) is 34.3 Å². The summed E-state index contributed by atoms with van der Waals surface area (Å²) in [7, 11) is 0. The number of hydrogen-bond donors (Lipinski definition) is 3. The number of carbonyl (C=O) groups is 1. The lowest BCUT2D eigenvalue weighted by Gasteiger charge is -2.13. The third-order valence-corrected chi connectivity index (χ3v) is 3.88. The maximum atomic E-state index is 11.9. The van der Waals surface area contributed by atoms with Gasteiger partial charge in [0, 0.05) is 34.7 Å². The van der Waals surface area contributed by atoms with Crippen molar-refractivity contribution in [1.82, 2.24) is 15.6 Å². The average Bonchev–Trinajstić information content (AvgIpc) is 3.15. The van der Waals surface area contributed by atoms with E-state index in [1.54, 1.807) is 0 Å². The van der Waals surface area contributed by atoms with Gasteiger partial charge in [0.2, 0.25) is 5.91 Å². The minimum Gasteiger partial charge on any atom is -0.361 e. The van der Waals surface area contributed by atoms with E-state index in [-0.39, 0.29) is 11.9 Å². The highest BCUT2D eigenvalue weighted by Crippen LogP contribution is 2.22. The van der Waals surface area contributed by atoms with Crippen LogP contribution in [0.1, 0.15) is 25.3 Å². The maximum absolute atomic E-state index is 11.9. The molecule has 1 saturated carbocycles. The van der Waals surface area contributed by atoms with Crippen molar-refractivity contribution >= 4 is 28.4 Å². The SMILES string of the molecule is CC(NCc1c[nH]c2cc(Cl)ccc12)C(=O)NC1CC1. The lowest BCUT2D eigenvalue weighted by molar-refractivity contribution is -0.122. The van der Waals surface area contributed by atoms with Crippen molar-refractivity contribution in [2.45, 2.75) is 38.4 Å². The molecule has 5 heteroatoms. The standard InChI is InChI=1S/C15H18ClN3O/c1-9(15(20)19-12-3-4-12)17-7-10-8-18-14-6-11(16)2-5-13(10)14/h2,5-6,8-9,12,17-18H,3-4,7H2,1H3,(H,19,20). The van der Waals surface area contributed by atoms with Crippen LogP contribution in [0.4, 0.5) is 0 Å². The summed E-state index contributed by atoms with van der Waals surface area (Å²) in [5, 5.41) is 8.12. The molecule has 1 aliphatic rings. The van der Waals surface area contributed by atoms with Gasteiger partial charge in [0.25, 0.3) is 0 Å². The van der Waals surface area contributed by atoms with Gasteiger partial charge in [-0.2, -0.15) is 0 Å². The summed E-state index contributed by atoms with van der Waals surface area (Å²) in [5.74, 6) is 0.0791. The van der Waals surface area contributed by atoms with Crippen LogP contribution >= 0.6 is 11.6 Å². The maximum Gasteiger partial charge on any atom is 0.237 e. The fourth-order valence-electron chi connectivity index (χ4n) is 2.21. The van der Waals surface area contributed by atoms with Crippen LogP contribution in [0.5, 0.6) is 0 Å². The van der Waals surface area contributed by atoms with Crippen LogP contribution in [0.2, 0.25) is 5.02 Å². The summed E-state index contributed by atoms with van der Waals surface area (Å²) < 4.78 is 0. The van der Waals surface area contributed by atoms with Crippen molar-refractivity contribution in [2.75, 3.05) is 0 Å². The van der Waals surface area contributed by atoms with Crippen LogP contribution in [-0.2, 0) is 11.3 Å². The highest BCUT2D eigenvalue weighted by molar-refractivity contribution is 6.31. The van der Waals surface area contributed by atoms with Crippen LogP contribution in [-0.4, -0.2) is 23.0 Å². The Morgan fingerprint density at radius 3 is 3.05 bits per heavy atom. The molecule has 106 valence electrons. The van der Waals surface area contributed by atoms with E-state index in [1.807, 2.05) is 31.3 Å². The van der Waals surface area contributed by atoms with E-state index in [9.17, 15) is 4.79 Å². The highest BCUT2D eigenvalue weighted by atomic mass is 35.5. The first-order valence-electron chi connectivity index (χ1n) is 6.93. The van der Waals surface area contributed by atoms with Crippen LogP contribution in [0.25, 0.3) is 10.9 Å². The molecule has 3 rings (SSSR count). The molecule has 20 heavy (non-hydrogen) atoms. The Labute approximate surface area is 122 Å². The number of nitrogens with one attached hydrogen (secondary N) is 3. The molecule has 0 spiro atoms. The monoisotopic (exact) mass is 291 g/mol. The van der Waals surface area contributed by atoms with Gasteiger partial charge in [-0.3, -0.25) is 4.79 Å². The first-order chi connectivity index (χ1) is 9.63. The molecule has 1 unspecified atom stereocenters. The number of amides is 1. The van der Waals surface area contributed by atoms with E-state index in [4.69, 9.17) is 11.6 Å². The summed E-state index contributed by atoms with van der Waals surface area (Å²) in [6.07, 6.45) is 4.18. The van der Waals surface area contributed by atoms with Crippen molar-refractivity contribution in [3.8, 4) is 0 Å². The van der Waals surface area contributed by atoms with Crippen molar-refractivity contribution in [1.29, 1.82) is 0 Å². The molecule has 3 N–H and O–H groups in total. The van der Waals surface area contributed by atoms with Gasteiger partial charge in [-0.1, -0.05) is 17.7 Å². The molecule has 1 aliphatic carbocycles. The minimum atomic E-state index is -0.187. The largest absolute Gasteiger partial charge is 0.361 e. The normalized spacial score (nSPS) is 16.3. The Morgan fingerprint density at radius 2 is 2.30 bits per heavy atom. The van der Waals surface area contributed by atoms with Crippen LogP contribution in [0.3, 0.4) is 0 Å². The summed E-state index contributed by atoms with van der Waals surface area (Å²) in [4.78, 5) is 15.1. The first-order valence-corrected chi connectivity index (χ1v) is 7.30. The van der Waals surface area contributed by atoms with Gasteiger partial charge < -0.3 is 15.6 Å². The second-order valence-electron chi connectivity index (χ2n) is 5.39. The first kappa shape index (κ1) is 13.5. The Bertz CT molecular complexity index is 633. The predicted molar refractivity (Wildman–Crippen MR) is 80.8 cm³/mol. The quantitative estimate of drug-likeness (QED) is 0.793. The number of hydrogen-bond acceptors (Lipinski definition) is 2. The molecule has 4 nitrogen and oxygen atoms in total. The molecule has 1 aromatic heterocycles. The van der Waals surface area contributed by atoms with Gasteiger partial charge in [0.1, 0.15) is 0 Å². The van der Waals surface area contributed by atoms with Crippen molar-refractivity contribution in [3.63, 3.8) is 0 Å². The molecule has 1 heterocycles. The topological polar surface area (TPSA) is 56.9 Å². The average molecular weight is 292 g/mol. The van der Waals surface area contributed by atoms with E-state index >= 15 is 0 Å². The third kappa shape index (κ3) is 2.97. The number of rotatable bonds is 5. The number of aromatic amines is 1. The number of aromatic nitrogens is 1. The summed E-state index contributed by atoms with van der Waals surface area (Å²) in [6.45, 7) is 2.55. The van der Waals surface area contributed by atoms with Gasteiger partial charge in [0.05, 0.1) is 6.04 Å². The van der Waals surface area contributed by atoms with E-state index in [1.165, 1.54) is 0 Å².